The van der Waals surface area contributed by atoms with Crippen molar-refractivity contribution >= 4 is 47.3 Å². The van der Waals surface area contributed by atoms with Gasteiger partial charge in [-0.15, -0.1) is 0 Å². The smallest absolute Gasteiger partial charge is 0.355 e. The van der Waals surface area contributed by atoms with Crippen LogP contribution in [-0.2, 0) is 28.1 Å². The molecule has 1 atom stereocenters. The number of hydrogen-bond acceptors (Lipinski definition) is 10. The van der Waals surface area contributed by atoms with Gasteiger partial charge in [-0.1, -0.05) is 50.0 Å². The third-order valence-corrected chi connectivity index (χ3v) is 11.1. The van der Waals surface area contributed by atoms with Crippen molar-refractivity contribution in [3.8, 4) is 22.8 Å². The first kappa shape index (κ1) is 42.2. The fraction of sp³-hybridized carbons (Fsp3) is 0.263. The van der Waals surface area contributed by atoms with Gasteiger partial charge in [-0.2, -0.15) is 13.9 Å². The third kappa shape index (κ3) is 11.3. The number of primary amides is 1. The summed E-state index contributed by atoms with van der Waals surface area (Å²) in [7, 11) is -6.61. The van der Waals surface area contributed by atoms with Crippen LogP contribution in [0, 0.1) is 5.82 Å². The van der Waals surface area contributed by atoms with Crippen LogP contribution in [0.3, 0.4) is 0 Å². The summed E-state index contributed by atoms with van der Waals surface area (Å²) < 4.78 is 86.0. The van der Waals surface area contributed by atoms with Crippen LogP contribution in [0.15, 0.2) is 85.1 Å². The van der Waals surface area contributed by atoms with Crippen LogP contribution in [0.5, 0.6) is 11.5 Å². The van der Waals surface area contributed by atoms with E-state index in [0.29, 0.717) is 17.9 Å². The molecule has 19 heteroatoms. The lowest BCUT2D eigenvalue weighted by atomic mass is 10.1. The lowest BCUT2D eigenvalue weighted by molar-refractivity contribution is 0.0696. The molecular formula is C38H41F3N6O8SSi. The molecule has 0 spiro atoms. The molecule has 14 nitrogen and oxygen atoms in total. The summed E-state index contributed by atoms with van der Waals surface area (Å²) in [6.45, 7) is 8.59. The Labute approximate surface area is 327 Å². The number of pyridine rings is 1. The number of nitrogens with zero attached hydrogens (tertiary/aromatic N) is 3. The number of anilines is 3. The molecular weight excluding hydrogens is 786 g/mol. The fourth-order valence-electron chi connectivity index (χ4n) is 5.26. The van der Waals surface area contributed by atoms with E-state index in [1.165, 1.54) is 65.5 Å². The van der Waals surface area contributed by atoms with Crippen molar-refractivity contribution < 1.29 is 50.5 Å². The quantitative estimate of drug-likeness (QED) is 0.0472. The van der Waals surface area contributed by atoms with E-state index < -0.39 is 47.7 Å². The normalized spacial score (nSPS) is 12.3. The second-order valence-electron chi connectivity index (χ2n) is 14.0. The minimum Gasteiger partial charge on any atom is -0.487 e. The van der Waals surface area contributed by atoms with Gasteiger partial charge in [0.05, 0.1) is 17.4 Å². The molecule has 0 saturated heterocycles. The highest BCUT2D eigenvalue weighted by Gasteiger charge is 2.28. The number of nitrogens with one attached hydrogen (secondary N) is 2. The zero-order valence-corrected chi connectivity index (χ0v) is 33.1. The summed E-state index contributed by atoms with van der Waals surface area (Å²) in [5.74, 6) is -5.63. The fourth-order valence-corrected chi connectivity index (χ4v) is 6.58. The molecule has 0 bridgehead atoms. The van der Waals surface area contributed by atoms with E-state index in [1.807, 2.05) is 4.72 Å². The average Bonchev–Trinajstić information content (AvgIpc) is 3.51. The van der Waals surface area contributed by atoms with E-state index in [0.717, 1.165) is 11.6 Å². The van der Waals surface area contributed by atoms with Gasteiger partial charge in [0.15, 0.2) is 0 Å². The number of ether oxygens (including phenoxy) is 3. The number of carboxylic acids is 1. The number of carbonyl (C=O) groups excluding carboxylic acids is 1. The van der Waals surface area contributed by atoms with Crippen molar-refractivity contribution in [3.63, 3.8) is 0 Å². The Bertz CT molecular complexity index is 2310. The molecule has 0 saturated carbocycles. The van der Waals surface area contributed by atoms with Crippen LogP contribution in [0.25, 0.3) is 11.3 Å². The summed E-state index contributed by atoms with van der Waals surface area (Å²) in [5.41, 5.74) is 7.11. The Morgan fingerprint density at radius 2 is 1.70 bits per heavy atom. The van der Waals surface area contributed by atoms with E-state index in [4.69, 9.17) is 25.1 Å². The number of carbonyl (C=O) groups is 2. The van der Waals surface area contributed by atoms with Crippen LogP contribution < -0.4 is 25.2 Å². The van der Waals surface area contributed by atoms with Crippen LogP contribution in [-0.4, -0.2) is 60.6 Å². The summed E-state index contributed by atoms with van der Waals surface area (Å²) in [4.78, 5) is 28.8. The van der Waals surface area contributed by atoms with Crippen molar-refractivity contribution in [1.29, 1.82) is 0 Å². The Morgan fingerprint density at radius 1 is 1.00 bits per heavy atom. The van der Waals surface area contributed by atoms with Crippen molar-refractivity contribution in [2.75, 3.05) is 16.6 Å². The van der Waals surface area contributed by atoms with Gasteiger partial charge in [0.1, 0.15) is 59.7 Å². The van der Waals surface area contributed by atoms with Crippen LogP contribution in [0.2, 0.25) is 25.7 Å². The number of benzene rings is 3. The van der Waals surface area contributed by atoms with Gasteiger partial charge >= 0.3 is 11.7 Å². The molecule has 5 N–H and O–H groups in total. The Kier molecular flexibility index (Phi) is 13.3. The molecule has 0 aliphatic rings. The molecule has 57 heavy (non-hydrogen) atoms. The molecule has 1 amide bonds. The van der Waals surface area contributed by atoms with E-state index >= 15 is 0 Å². The maximum atomic E-state index is 13.6. The minimum atomic E-state index is -5.13. The Balaban J connectivity index is 1.50. The first-order valence-corrected chi connectivity index (χ1v) is 22.7. The lowest BCUT2D eigenvalue weighted by Crippen LogP contribution is -2.22. The summed E-state index contributed by atoms with van der Waals surface area (Å²) in [6.07, 6.45) is 0.617. The van der Waals surface area contributed by atoms with E-state index in [1.54, 1.807) is 31.2 Å². The second kappa shape index (κ2) is 17.9. The minimum absolute atomic E-state index is 0.0234. The van der Waals surface area contributed by atoms with Gasteiger partial charge in [0.25, 0.3) is 15.9 Å². The topological polar surface area (TPSA) is 197 Å². The van der Waals surface area contributed by atoms with Gasteiger partial charge in [-0.3, -0.25) is 9.52 Å². The molecule has 0 aliphatic carbocycles. The molecule has 2 heterocycles. The molecule has 0 aliphatic heterocycles. The monoisotopic (exact) mass is 826 g/mol. The van der Waals surface area contributed by atoms with Gasteiger partial charge in [-0.05, 0) is 72.6 Å². The summed E-state index contributed by atoms with van der Waals surface area (Å²) in [6, 6.07) is 19.4. The van der Waals surface area contributed by atoms with Gasteiger partial charge in [0.2, 0.25) is 0 Å². The van der Waals surface area contributed by atoms with Crippen molar-refractivity contribution in [3.05, 3.63) is 113 Å². The summed E-state index contributed by atoms with van der Waals surface area (Å²) >= 11 is 0. The van der Waals surface area contributed by atoms with Crippen LogP contribution >= 0.6 is 0 Å². The first-order valence-electron chi connectivity index (χ1n) is 17.4. The largest absolute Gasteiger partial charge is 0.487 e. The van der Waals surface area contributed by atoms with Gasteiger partial charge in [0, 0.05) is 20.2 Å². The average molecular weight is 827 g/mol. The van der Waals surface area contributed by atoms with Crippen LogP contribution in [0.4, 0.5) is 30.5 Å². The van der Waals surface area contributed by atoms with Gasteiger partial charge < -0.3 is 30.4 Å². The molecule has 5 aromatic rings. The van der Waals surface area contributed by atoms with Crippen LogP contribution in [0.1, 0.15) is 44.9 Å². The second-order valence-corrected chi connectivity index (χ2v) is 21.3. The van der Waals surface area contributed by atoms with E-state index in [2.05, 4.69) is 35.0 Å². The number of aromatic carboxylic acids is 1. The maximum Gasteiger partial charge on any atom is 0.355 e. The maximum absolute atomic E-state index is 13.6. The number of carboxylic acid groups (broad SMARTS) is 1. The number of rotatable bonds is 19. The highest BCUT2D eigenvalue weighted by Crippen LogP contribution is 2.38. The molecule has 0 fully saturated rings. The highest BCUT2D eigenvalue weighted by molar-refractivity contribution is 7.93. The number of nitrogens with two attached hydrogens (primary N) is 1. The van der Waals surface area contributed by atoms with Crippen molar-refractivity contribution in [1.82, 2.24) is 14.8 Å². The zero-order valence-electron chi connectivity index (χ0n) is 31.3. The lowest BCUT2D eigenvalue weighted by Gasteiger charge is -2.19. The molecule has 302 valence electrons. The number of aromatic nitrogens is 3. The first-order chi connectivity index (χ1) is 26.9. The Morgan fingerprint density at radius 3 is 2.30 bits per heavy atom. The third-order valence-electron chi connectivity index (χ3n) is 8.38. The molecule has 3 aromatic carbocycles. The molecule has 5 rings (SSSR count). The number of amides is 1. The van der Waals surface area contributed by atoms with Crippen molar-refractivity contribution in [2.45, 2.75) is 57.8 Å². The van der Waals surface area contributed by atoms with Gasteiger partial charge in [-0.25, -0.2) is 27.3 Å². The molecule has 2 aromatic heterocycles. The predicted molar refractivity (Wildman–Crippen MR) is 210 cm³/mol. The number of alkyl halides is 2. The standard InChI is InChI=1S/C38H41F3N6O8SSi/c1-23(25-9-12-28(39)13-10-25)55-31-19-27(11-15-30(31)46-56(51,52)38(40)41)34-33(35(42)48)36(47(45-34)22-53-17-18-57(2,3)4)44-32-16-14-29(20-43-32)54-21-24-5-7-26(8-6-24)37(49)50/h5-16,19-20,23,38,46H,17-18,21-22H2,1-4H3,(H2,42,48)(H,43,44)(H,49,50)/t23-/m0/s1. The SMILES string of the molecule is C[C@H](Oc1cc(-c2nn(COCC[Si](C)(C)C)c(Nc3ccc(OCc4ccc(C(=O)O)cc4)cn3)c2C(N)=O)ccc1NS(=O)(=O)C(F)F)c1ccc(F)cc1. The molecule has 0 unspecified atom stereocenters. The number of hydrogen-bond donors (Lipinski definition) is 4. The summed E-state index contributed by atoms with van der Waals surface area (Å²) in [5, 5.41) is 16.9. The number of halogens is 3. The van der Waals surface area contributed by atoms with E-state index in [9.17, 15) is 31.2 Å². The predicted octanol–water partition coefficient (Wildman–Crippen LogP) is 7.62. The number of sulfonamides is 1. The Hall–Kier alpha value is -5.92. The highest BCUT2D eigenvalue weighted by atomic mass is 32.2. The van der Waals surface area contributed by atoms with E-state index in [-0.39, 0.29) is 58.8 Å². The molecule has 0 radical (unpaired) electrons. The zero-order chi connectivity index (χ0) is 41.5. The van der Waals surface area contributed by atoms with Crippen molar-refractivity contribution in [2.24, 2.45) is 5.73 Å².